The van der Waals surface area contributed by atoms with E-state index in [0.29, 0.717) is 0 Å². The van der Waals surface area contributed by atoms with Gasteiger partial charge in [0.05, 0.1) is 6.61 Å². The van der Waals surface area contributed by atoms with Gasteiger partial charge in [-0.1, -0.05) is 0 Å². The highest BCUT2D eigenvalue weighted by molar-refractivity contribution is 5.73. The number of ether oxygens (including phenoxy) is 1. The number of hydrogen-bond acceptors (Lipinski definition) is 6. The molecular weight excluding hydrogens is 206 g/mol. The van der Waals surface area contributed by atoms with Gasteiger partial charge in [0.1, 0.15) is 24.4 Å². The normalized spacial score (nSPS) is 41.3. The van der Waals surface area contributed by atoms with Gasteiger partial charge in [0.2, 0.25) is 5.91 Å². The summed E-state index contributed by atoms with van der Waals surface area (Å²) in [5.74, 6) is -0.462. The van der Waals surface area contributed by atoms with Gasteiger partial charge >= 0.3 is 0 Å². The van der Waals surface area contributed by atoms with E-state index in [0.717, 1.165) is 0 Å². The number of amides is 1. The zero-order chi connectivity index (χ0) is 11.6. The highest BCUT2D eigenvalue weighted by Gasteiger charge is 2.43. The molecule has 0 aromatic carbocycles. The van der Waals surface area contributed by atoms with Gasteiger partial charge in [-0.3, -0.25) is 4.79 Å². The maximum absolute atomic E-state index is 10.7. The van der Waals surface area contributed by atoms with E-state index in [9.17, 15) is 20.1 Å². The van der Waals surface area contributed by atoms with Crippen molar-refractivity contribution in [3.05, 3.63) is 0 Å². The molecule has 0 bridgehead atoms. The van der Waals surface area contributed by atoms with Gasteiger partial charge in [-0.15, -0.1) is 0 Å². The number of nitrogens with one attached hydrogen (secondary N) is 1. The third kappa shape index (κ3) is 2.64. The van der Waals surface area contributed by atoms with Crippen LogP contribution < -0.4 is 5.32 Å². The first-order chi connectivity index (χ1) is 6.97. The van der Waals surface area contributed by atoms with Crippen molar-refractivity contribution in [3.8, 4) is 0 Å². The van der Waals surface area contributed by atoms with E-state index < -0.39 is 43.2 Å². The largest absolute Gasteiger partial charge is 0.394 e. The summed E-state index contributed by atoms with van der Waals surface area (Å²) in [7, 11) is 0. The number of aliphatic hydroxyl groups excluding tert-OH is 4. The minimum Gasteiger partial charge on any atom is -0.394 e. The second-order valence-corrected chi connectivity index (χ2v) is 3.46. The Balaban J connectivity index is 2.70. The molecule has 5 N–H and O–H groups in total. The molecule has 0 aromatic rings. The fourth-order valence-electron chi connectivity index (χ4n) is 1.49. The molecule has 5 atom stereocenters. The van der Waals surface area contributed by atoms with E-state index in [1.54, 1.807) is 0 Å². The Morgan fingerprint density at radius 1 is 1.33 bits per heavy atom. The molecule has 0 saturated carbocycles. The molecule has 88 valence electrons. The molecule has 1 amide bonds. The average Bonchev–Trinajstić information content (AvgIpc) is 2.18. The van der Waals surface area contributed by atoms with E-state index in [4.69, 9.17) is 9.84 Å². The summed E-state index contributed by atoms with van der Waals surface area (Å²) in [6.45, 7) is 0.687. The van der Waals surface area contributed by atoms with Gasteiger partial charge in [-0.05, 0) is 0 Å². The molecule has 0 aromatic heterocycles. The summed E-state index contributed by atoms with van der Waals surface area (Å²) >= 11 is 0. The van der Waals surface area contributed by atoms with E-state index in [-0.39, 0.29) is 0 Å². The Kier molecular flexibility index (Phi) is 4.00. The second kappa shape index (κ2) is 4.86. The molecule has 1 heterocycles. The molecule has 1 rings (SSSR count). The Bertz CT molecular complexity index is 235. The third-order valence-corrected chi connectivity index (χ3v) is 2.27. The summed E-state index contributed by atoms with van der Waals surface area (Å²) in [5, 5.41) is 39.4. The summed E-state index contributed by atoms with van der Waals surface area (Å²) in [4.78, 5) is 10.7. The number of aliphatic hydroxyl groups is 4. The van der Waals surface area contributed by atoms with Gasteiger partial charge in [-0.25, -0.2) is 0 Å². The fourth-order valence-corrected chi connectivity index (χ4v) is 1.49. The van der Waals surface area contributed by atoms with Gasteiger partial charge in [0, 0.05) is 6.92 Å². The lowest BCUT2D eigenvalue weighted by Crippen LogP contribution is -2.63. The molecular formula is C8H15NO6. The number of carbonyl (C=O) groups excluding carboxylic acids is 1. The van der Waals surface area contributed by atoms with Crippen LogP contribution in [0.4, 0.5) is 0 Å². The van der Waals surface area contributed by atoms with Crippen LogP contribution in [0.3, 0.4) is 0 Å². The Labute approximate surface area is 86.3 Å². The molecule has 0 spiro atoms. The highest BCUT2D eigenvalue weighted by Crippen LogP contribution is 2.19. The predicted molar refractivity (Wildman–Crippen MR) is 47.6 cm³/mol. The van der Waals surface area contributed by atoms with E-state index in [2.05, 4.69) is 5.32 Å². The second-order valence-electron chi connectivity index (χ2n) is 3.46. The van der Waals surface area contributed by atoms with Crippen LogP contribution in [0.25, 0.3) is 0 Å². The molecule has 7 nitrogen and oxygen atoms in total. The smallest absolute Gasteiger partial charge is 0.217 e. The van der Waals surface area contributed by atoms with Gasteiger partial charge in [0.15, 0.2) is 6.29 Å². The Hall–Kier alpha value is -0.730. The van der Waals surface area contributed by atoms with Crippen molar-refractivity contribution >= 4 is 5.91 Å². The quantitative estimate of drug-likeness (QED) is 0.337. The van der Waals surface area contributed by atoms with Crippen molar-refractivity contribution in [2.24, 2.45) is 0 Å². The highest BCUT2D eigenvalue weighted by atomic mass is 16.6. The van der Waals surface area contributed by atoms with Crippen molar-refractivity contribution in [3.63, 3.8) is 0 Å². The van der Waals surface area contributed by atoms with Crippen LogP contribution in [0.5, 0.6) is 0 Å². The van der Waals surface area contributed by atoms with Crippen LogP contribution in [-0.2, 0) is 9.53 Å². The Morgan fingerprint density at radius 2 is 1.93 bits per heavy atom. The van der Waals surface area contributed by atoms with Crippen molar-refractivity contribution in [2.45, 2.75) is 37.6 Å². The fraction of sp³-hybridized carbons (Fsp3) is 0.875. The maximum atomic E-state index is 10.7. The maximum Gasteiger partial charge on any atom is 0.217 e. The van der Waals surface area contributed by atoms with Crippen LogP contribution in [-0.4, -0.2) is 63.6 Å². The van der Waals surface area contributed by atoms with Crippen LogP contribution >= 0.6 is 0 Å². The van der Waals surface area contributed by atoms with Gasteiger partial charge in [0.25, 0.3) is 0 Å². The number of carbonyl (C=O) groups is 1. The third-order valence-electron chi connectivity index (χ3n) is 2.27. The first-order valence-electron chi connectivity index (χ1n) is 4.55. The zero-order valence-electron chi connectivity index (χ0n) is 8.20. The van der Waals surface area contributed by atoms with Gasteiger partial charge < -0.3 is 30.5 Å². The Morgan fingerprint density at radius 3 is 2.40 bits per heavy atom. The molecule has 7 heteroatoms. The van der Waals surface area contributed by atoms with Crippen LogP contribution in [0, 0.1) is 0 Å². The standard InChI is InChI=1S/C8H15NO6/c1-3(11)9-5-7(13)6(12)4(2-10)15-8(5)14/h4-8,10,12-14H,2H2,1H3,(H,9,11)/t4?,5?,6-,7-,8?/m0/s1. The molecule has 0 radical (unpaired) electrons. The molecule has 3 unspecified atom stereocenters. The predicted octanol–water partition coefficient (Wildman–Crippen LogP) is -3.08. The topological polar surface area (TPSA) is 119 Å². The lowest BCUT2D eigenvalue weighted by molar-refractivity contribution is -0.253. The average molecular weight is 221 g/mol. The van der Waals surface area contributed by atoms with Crippen molar-refractivity contribution < 1.29 is 30.0 Å². The molecule has 15 heavy (non-hydrogen) atoms. The minimum absolute atomic E-state index is 0.462. The zero-order valence-corrected chi connectivity index (χ0v) is 8.20. The van der Waals surface area contributed by atoms with E-state index in [1.807, 2.05) is 0 Å². The molecule has 1 saturated heterocycles. The summed E-state index contributed by atoms with van der Waals surface area (Å²) in [6, 6.07) is -1.10. The first kappa shape index (κ1) is 12.3. The molecule has 0 aliphatic carbocycles. The molecule has 1 fully saturated rings. The first-order valence-corrected chi connectivity index (χ1v) is 4.55. The monoisotopic (exact) mass is 221 g/mol. The lowest BCUT2D eigenvalue weighted by atomic mass is 9.97. The summed E-state index contributed by atoms with van der Waals surface area (Å²) < 4.78 is 4.81. The number of rotatable bonds is 2. The SMILES string of the molecule is CC(=O)NC1C(O)OC(CO)[C@H](O)[C@H]1O. The van der Waals surface area contributed by atoms with Gasteiger partial charge in [-0.2, -0.15) is 0 Å². The van der Waals surface area contributed by atoms with Crippen LogP contribution in [0.2, 0.25) is 0 Å². The van der Waals surface area contributed by atoms with Crippen LogP contribution in [0.1, 0.15) is 6.92 Å². The lowest BCUT2D eigenvalue weighted by Gasteiger charge is -2.40. The summed E-state index contributed by atoms with van der Waals surface area (Å²) in [5.41, 5.74) is 0. The van der Waals surface area contributed by atoms with Crippen LogP contribution in [0.15, 0.2) is 0 Å². The van der Waals surface area contributed by atoms with E-state index >= 15 is 0 Å². The number of hydrogen-bond donors (Lipinski definition) is 5. The van der Waals surface area contributed by atoms with Crippen molar-refractivity contribution in [1.82, 2.24) is 5.32 Å². The summed E-state index contributed by atoms with van der Waals surface area (Å²) in [6.07, 6.45) is -5.24. The van der Waals surface area contributed by atoms with E-state index in [1.165, 1.54) is 6.92 Å². The minimum atomic E-state index is -1.45. The molecule has 1 aliphatic heterocycles. The molecule has 1 aliphatic rings. The van der Waals surface area contributed by atoms with Crippen molar-refractivity contribution in [2.75, 3.05) is 6.61 Å². The van der Waals surface area contributed by atoms with Crippen molar-refractivity contribution in [1.29, 1.82) is 0 Å².